The number of rotatable bonds is 4. The topological polar surface area (TPSA) is 75.3 Å². The summed E-state index contributed by atoms with van der Waals surface area (Å²) >= 11 is 1.46. The highest BCUT2D eigenvalue weighted by Gasteiger charge is 2.25. The zero-order valence-corrected chi connectivity index (χ0v) is 12.8. The molecule has 1 atom stereocenters. The van der Waals surface area contributed by atoms with Crippen molar-refractivity contribution in [1.82, 2.24) is 14.9 Å². The molecule has 0 aromatic carbocycles. The Balaban J connectivity index is 1.56. The molecule has 0 spiro atoms. The Morgan fingerprint density at radius 1 is 1.55 bits per heavy atom. The number of amides is 1. The molecule has 22 heavy (non-hydrogen) atoms. The number of thiophene rings is 1. The first kappa shape index (κ1) is 14.9. The molecular weight excluding hydrogens is 302 g/mol. The minimum Gasteiger partial charge on any atom is -0.375 e. The van der Waals surface area contributed by atoms with E-state index in [1.54, 1.807) is 0 Å². The molecule has 0 unspecified atom stereocenters. The highest BCUT2D eigenvalue weighted by Crippen LogP contribution is 2.16. The van der Waals surface area contributed by atoms with Gasteiger partial charge in [0, 0.05) is 24.8 Å². The highest BCUT2D eigenvalue weighted by atomic mass is 32.1. The van der Waals surface area contributed by atoms with Crippen LogP contribution in [0.15, 0.2) is 34.7 Å². The summed E-state index contributed by atoms with van der Waals surface area (Å²) < 4.78 is 5.72. The number of aromatic amines is 1. The zero-order valence-electron chi connectivity index (χ0n) is 12.0. The van der Waals surface area contributed by atoms with Gasteiger partial charge in [0.25, 0.3) is 11.5 Å². The Hall–Kier alpha value is -1.99. The lowest BCUT2D eigenvalue weighted by Gasteiger charge is -2.32. The van der Waals surface area contributed by atoms with Crippen LogP contribution < -0.4 is 5.56 Å². The van der Waals surface area contributed by atoms with E-state index in [0.717, 1.165) is 17.0 Å². The van der Waals surface area contributed by atoms with E-state index in [2.05, 4.69) is 9.97 Å². The summed E-state index contributed by atoms with van der Waals surface area (Å²) in [6.45, 7) is 1.75. The lowest BCUT2D eigenvalue weighted by molar-refractivity contribution is -0.0245. The predicted molar refractivity (Wildman–Crippen MR) is 83.1 cm³/mol. The molecule has 1 aliphatic heterocycles. The Kier molecular flexibility index (Phi) is 4.65. The van der Waals surface area contributed by atoms with Crippen molar-refractivity contribution < 1.29 is 9.53 Å². The Labute approximate surface area is 131 Å². The summed E-state index contributed by atoms with van der Waals surface area (Å²) in [5.41, 5.74) is 0.595. The fourth-order valence-corrected chi connectivity index (χ4v) is 3.18. The van der Waals surface area contributed by atoms with Crippen LogP contribution in [0, 0.1) is 0 Å². The van der Waals surface area contributed by atoms with Gasteiger partial charge in [-0.3, -0.25) is 9.59 Å². The Morgan fingerprint density at radius 3 is 3.23 bits per heavy atom. The van der Waals surface area contributed by atoms with Gasteiger partial charge in [0.2, 0.25) is 0 Å². The van der Waals surface area contributed by atoms with Gasteiger partial charge >= 0.3 is 0 Å². The van der Waals surface area contributed by atoms with E-state index >= 15 is 0 Å². The molecular formula is C15H17N3O3S. The van der Waals surface area contributed by atoms with Crippen molar-refractivity contribution in [1.29, 1.82) is 0 Å². The molecule has 116 valence electrons. The summed E-state index contributed by atoms with van der Waals surface area (Å²) in [6, 6.07) is 5.23. The third-order valence-electron chi connectivity index (χ3n) is 3.62. The third-order valence-corrected chi connectivity index (χ3v) is 4.47. The third kappa shape index (κ3) is 3.61. The molecule has 7 heteroatoms. The number of nitrogens with zero attached hydrogens (tertiary/aromatic N) is 2. The van der Waals surface area contributed by atoms with Gasteiger partial charge in [-0.1, -0.05) is 6.07 Å². The molecule has 6 nitrogen and oxygen atoms in total. The van der Waals surface area contributed by atoms with Gasteiger partial charge in [0.1, 0.15) is 0 Å². The van der Waals surface area contributed by atoms with Gasteiger partial charge in [0.15, 0.2) is 0 Å². The molecule has 3 heterocycles. The second-order valence-electron chi connectivity index (χ2n) is 5.16. The number of morpholine rings is 1. The molecule has 1 fully saturated rings. The summed E-state index contributed by atoms with van der Waals surface area (Å²) in [4.78, 5) is 32.8. The van der Waals surface area contributed by atoms with Crippen molar-refractivity contribution in [2.45, 2.75) is 18.9 Å². The number of ether oxygens (including phenoxy) is 1. The summed E-state index contributed by atoms with van der Waals surface area (Å²) in [6.07, 6.45) is 2.80. The number of aromatic nitrogens is 2. The van der Waals surface area contributed by atoms with Gasteiger partial charge in [-0.2, -0.15) is 0 Å². The minimum atomic E-state index is -0.149. The van der Waals surface area contributed by atoms with Gasteiger partial charge in [0.05, 0.1) is 23.9 Å². The van der Waals surface area contributed by atoms with Gasteiger partial charge in [-0.05, 0) is 24.3 Å². The molecule has 0 bridgehead atoms. The van der Waals surface area contributed by atoms with Crippen molar-refractivity contribution in [2.75, 3.05) is 19.7 Å². The largest absolute Gasteiger partial charge is 0.375 e. The van der Waals surface area contributed by atoms with E-state index in [1.807, 2.05) is 22.4 Å². The lowest BCUT2D eigenvalue weighted by atomic mass is 10.1. The number of carbonyl (C=O) groups is 1. The van der Waals surface area contributed by atoms with Crippen LogP contribution in [-0.4, -0.2) is 46.6 Å². The van der Waals surface area contributed by atoms with Crippen LogP contribution in [0.5, 0.6) is 0 Å². The number of carbonyl (C=O) groups excluding carboxylic acids is 1. The van der Waals surface area contributed by atoms with E-state index in [1.165, 1.54) is 23.7 Å². The maximum absolute atomic E-state index is 12.3. The molecule has 1 aliphatic rings. The average molecular weight is 319 g/mol. The van der Waals surface area contributed by atoms with Crippen LogP contribution in [0.1, 0.15) is 21.8 Å². The van der Waals surface area contributed by atoms with Crippen molar-refractivity contribution in [3.8, 4) is 0 Å². The fraction of sp³-hybridized carbons (Fsp3) is 0.400. The average Bonchev–Trinajstić information content (AvgIpc) is 3.07. The highest BCUT2D eigenvalue weighted by molar-refractivity contribution is 7.12. The zero-order chi connectivity index (χ0) is 15.4. The minimum absolute atomic E-state index is 0.0150. The smallest absolute Gasteiger partial charge is 0.264 e. The van der Waals surface area contributed by atoms with E-state index in [-0.39, 0.29) is 17.6 Å². The van der Waals surface area contributed by atoms with Crippen molar-refractivity contribution in [3.05, 3.63) is 50.8 Å². The lowest BCUT2D eigenvalue weighted by Crippen LogP contribution is -2.45. The predicted octanol–water partition coefficient (Wildman–Crippen LogP) is 1.31. The number of hydrogen-bond acceptors (Lipinski definition) is 5. The maximum Gasteiger partial charge on any atom is 0.264 e. The van der Waals surface area contributed by atoms with E-state index < -0.39 is 0 Å². The van der Waals surface area contributed by atoms with Crippen molar-refractivity contribution in [2.24, 2.45) is 0 Å². The molecule has 3 rings (SSSR count). The molecule has 1 saturated heterocycles. The molecule has 0 aliphatic carbocycles. The van der Waals surface area contributed by atoms with Crippen molar-refractivity contribution >= 4 is 17.2 Å². The Bertz CT molecular complexity index is 683. The molecule has 0 radical (unpaired) electrons. The number of aryl methyl sites for hydroxylation is 1. The molecule has 1 N–H and O–H groups in total. The van der Waals surface area contributed by atoms with Crippen molar-refractivity contribution in [3.63, 3.8) is 0 Å². The normalized spacial score (nSPS) is 18.4. The fourth-order valence-electron chi connectivity index (χ4n) is 2.49. The first-order chi connectivity index (χ1) is 10.7. The monoisotopic (exact) mass is 319 g/mol. The van der Waals surface area contributed by atoms with Gasteiger partial charge < -0.3 is 14.6 Å². The van der Waals surface area contributed by atoms with E-state index in [0.29, 0.717) is 26.1 Å². The maximum atomic E-state index is 12.3. The van der Waals surface area contributed by atoms with E-state index in [9.17, 15) is 9.59 Å². The molecule has 1 amide bonds. The standard InChI is InChI=1S/C15H17N3O3S/c19-14-8-11(16-10-17-14)3-4-12-9-18(5-6-21-12)15(20)13-2-1-7-22-13/h1-2,7-8,10,12H,3-6,9H2,(H,16,17,19)/t12-/m1/s1. The van der Waals surface area contributed by atoms with Gasteiger partial charge in [-0.25, -0.2) is 4.98 Å². The van der Waals surface area contributed by atoms with Crippen LogP contribution >= 0.6 is 11.3 Å². The van der Waals surface area contributed by atoms with Crippen LogP contribution in [0.3, 0.4) is 0 Å². The van der Waals surface area contributed by atoms with Gasteiger partial charge in [-0.15, -0.1) is 11.3 Å². The summed E-state index contributed by atoms with van der Waals surface area (Å²) in [7, 11) is 0. The first-order valence-electron chi connectivity index (χ1n) is 7.20. The quantitative estimate of drug-likeness (QED) is 0.922. The van der Waals surface area contributed by atoms with Crippen LogP contribution in [0.4, 0.5) is 0 Å². The second-order valence-corrected chi connectivity index (χ2v) is 6.11. The molecule has 2 aromatic heterocycles. The SMILES string of the molecule is O=C(c1cccs1)N1CCO[C@H](CCc2cc(=O)[nH]cn2)C1. The molecule has 2 aromatic rings. The summed E-state index contributed by atoms with van der Waals surface area (Å²) in [5.74, 6) is 0.0672. The summed E-state index contributed by atoms with van der Waals surface area (Å²) in [5, 5.41) is 1.91. The second kappa shape index (κ2) is 6.85. The Morgan fingerprint density at radius 2 is 2.45 bits per heavy atom. The number of hydrogen-bond donors (Lipinski definition) is 1. The van der Waals surface area contributed by atoms with Crippen LogP contribution in [-0.2, 0) is 11.2 Å². The van der Waals surface area contributed by atoms with Crippen LogP contribution in [0.25, 0.3) is 0 Å². The molecule has 0 saturated carbocycles. The number of H-pyrrole nitrogens is 1. The van der Waals surface area contributed by atoms with E-state index in [4.69, 9.17) is 4.74 Å². The van der Waals surface area contributed by atoms with Crippen LogP contribution in [0.2, 0.25) is 0 Å². The number of nitrogens with one attached hydrogen (secondary N) is 1. The first-order valence-corrected chi connectivity index (χ1v) is 8.08.